The van der Waals surface area contributed by atoms with Gasteiger partial charge in [0.25, 0.3) is 0 Å². The Morgan fingerprint density at radius 3 is 2.31 bits per heavy atom. The predicted molar refractivity (Wildman–Crippen MR) is 111 cm³/mol. The molecule has 0 fully saturated rings. The molecule has 26 heavy (non-hydrogen) atoms. The molecule has 0 amide bonds. The van der Waals surface area contributed by atoms with Gasteiger partial charge in [0, 0.05) is 17.3 Å². The monoisotopic (exact) mass is 425 g/mol. The molecule has 0 saturated heterocycles. The van der Waals surface area contributed by atoms with Crippen LogP contribution in [0.2, 0.25) is 20.1 Å². The minimum absolute atomic E-state index is 0.404. The van der Waals surface area contributed by atoms with Crippen LogP contribution in [0.5, 0.6) is 5.75 Å². The van der Waals surface area contributed by atoms with Crippen LogP contribution in [-0.2, 0) is 13.2 Å². The highest BCUT2D eigenvalue weighted by Crippen LogP contribution is 2.28. The number of ether oxygens (including phenoxy) is 1. The van der Waals surface area contributed by atoms with Gasteiger partial charge in [-0.05, 0) is 53.6 Å². The summed E-state index contributed by atoms with van der Waals surface area (Å²) >= 11 is 24.3. The molecule has 0 radical (unpaired) electrons. The van der Waals surface area contributed by atoms with E-state index >= 15 is 0 Å². The number of hydrogen-bond acceptors (Lipinski definition) is 2. The van der Waals surface area contributed by atoms with Crippen molar-refractivity contribution in [2.75, 3.05) is 5.32 Å². The fourth-order valence-electron chi connectivity index (χ4n) is 2.37. The third-order valence-electron chi connectivity index (χ3n) is 3.70. The number of benzene rings is 3. The van der Waals surface area contributed by atoms with Crippen molar-refractivity contribution in [3.05, 3.63) is 91.9 Å². The molecule has 0 aliphatic carbocycles. The molecule has 3 aromatic carbocycles. The first-order chi connectivity index (χ1) is 12.5. The van der Waals surface area contributed by atoms with Gasteiger partial charge >= 0.3 is 0 Å². The van der Waals surface area contributed by atoms with Crippen molar-refractivity contribution >= 4 is 52.1 Å². The summed E-state index contributed by atoms with van der Waals surface area (Å²) in [5.41, 5.74) is 2.90. The summed E-state index contributed by atoms with van der Waals surface area (Å²) in [4.78, 5) is 0. The first-order valence-electron chi connectivity index (χ1n) is 7.86. The molecule has 0 unspecified atom stereocenters. The zero-order chi connectivity index (χ0) is 18.5. The molecular weight excluding hydrogens is 412 g/mol. The third-order valence-corrected chi connectivity index (χ3v) is 4.97. The highest BCUT2D eigenvalue weighted by molar-refractivity contribution is 6.42. The summed E-state index contributed by atoms with van der Waals surface area (Å²) < 4.78 is 5.78. The van der Waals surface area contributed by atoms with Gasteiger partial charge in [-0.25, -0.2) is 0 Å². The molecule has 0 aromatic heterocycles. The molecule has 0 aliphatic rings. The Labute approximate surface area is 172 Å². The van der Waals surface area contributed by atoms with Gasteiger partial charge in [-0.1, -0.05) is 64.6 Å². The van der Waals surface area contributed by atoms with Crippen molar-refractivity contribution in [2.45, 2.75) is 13.2 Å². The van der Waals surface area contributed by atoms with Crippen molar-refractivity contribution in [2.24, 2.45) is 0 Å². The Morgan fingerprint density at radius 1 is 0.731 bits per heavy atom. The van der Waals surface area contributed by atoms with Crippen LogP contribution in [-0.4, -0.2) is 0 Å². The smallest absolute Gasteiger partial charge is 0.138 e. The molecule has 3 aromatic rings. The highest BCUT2D eigenvalue weighted by Gasteiger charge is 2.05. The Kier molecular flexibility index (Phi) is 6.55. The molecule has 0 spiro atoms. The maximum atomic E-state index is 6.34. The Bertz CT molecular complexity index is 914. The third kappa shape index (κ3) is 5.21. The molecular formula is C20H15Cl4NO. The number of nitrogens with one attached hydrogen (secondary N) is 1. The van der Waals surface area contributed by atoms with Crippen molar-refractivity contribution in [1.29, 1.82) is 0 Å². The maximum absolute atomic E-state index is 6.34. The molecule has 0 bridgehead atoms. The largest absolute Gasteiger partial charge is 0.487 e. The first kappa shape index (κ1) is 19.2. The van der Waals surface area contributed by atoms with E-state index in [0.29, 0.717) is 39.0 Å². The fourth-order valence-corrected chi connectivity index (χ4v) is 3.14. The van der Waals surface area contributed by atoms with E-state index < -0.39 is 0 Å². The van der Waals surface area contributed by atoms with E-state index in [0.717, 1.165) is 16.8 Å². The van der Waals surface area contributed by atoms with Crippen LogP contribution < -0.4 is 10.1 Å². The van der Waals surface area contributed by atoms with E-state index in [2.05, 4.69) is 5.32 Å². The van der Waals surface area contributed by atoms with Gasteiger partial charge in [0.15, 0.2) is 0 Å². The second kappa shape index (κ2) is 8.88. The summed E-state index contributed by atoms with van der Waals surface area (Å²) in [5.74, 6) is 0.630. The summed E-state index contributed by atoms with van der Waals surface area (Å²) in [6.07, 6.45) is 0. The molecule has 0 atom stereocenters. The lowest BCUT2D eigenvalue weighted by molar-refractivity contribution is 0.306. The first-order valence-corrected chi connectivity index (χ1v) is 9.37. The SMILES string of the molecule is Clc1cccc(COc2ccc(CNc3ccc(Cl)c(Cl)c3)cc2Cl)c1. The minimum atomic E-state index is 0.404. The van der Waals surface area contributed by atoms with Gasteiger partial charge in [0.2, 0.25) is 0 Å². The Balaban J connectivity index is 1.60. The van der Waals surface area contributed by atoms with Gasteiger partial charge in [0.05, 0.1) is 15.1 Å². The fraction of sp³-hybridized carbons (Fsp3) is 0.100. The molecule has 134 valence electrons. The summed E-state index contributed by atoms with van der Waals surface area (Å²) in [5, 5.41) is 5.56. The average Bonchev–Trinajstić information content (AvgIpc) is 2.62. The zero-order valence-electron chi connectivity index (χ0n) is 13.6. The summed E-state index contributed by atoms with van der Waals surface area (Å²) in [7, 11) is 0. The van der Waals surface area contributed by atoms with Gasteiger partial charge < -0.3 is 10.1 Å². The van der Waals surface area contributed by atoms with Crippen molar-refractivity contribution in [3.63, 3.8) is 0 Å². The number of hydrogen-bond donors (Lipinski definition) is 1. The van der Waals surface area contributed by atoms with Gasteiger partial charge in [0.1, 0.15) is 12.4 Å². The molecule has 0 saturated carbocycles. The zero-order valence-corrected chi connectivity index (χ0v) is 16.6. The lowest BCUT2D eigenvalue weighted by Crippen LogP contribution is -2.00. The quantitative estimate of drug-likeness (QED) is 0.440. The van der Waals surface area contributed by atoms with Crippen LogP contribution in [0.3, 0.4) is 0 Å². The molecule has 0 heterocycles. The van der Waals surface area contributed by atoms with E-state index in [1.165, 1.54) is 0 Å². The normalized spacial score (nSPS) is 10.6. The number of anilines is 1. The molecule has 2 nitrogen and oxygen atoms in total. The second-order valence-corrected chi connectivity index (χ2v) is 7.32. The van der Waals surface area contributed by atoms with Gasteiger partial charge in [-0.3, -0.25) is 0 Å². The second-order valence-electron chi connectivity index (χ2n) is 5.67. The molecule has 1 N–H and O–H groups in total. The van der Waals surface area contributed by atoms with Gasteiger partial charge in [-0.15, -0.1) is 0 Å². The van der Waals surface area contributed by atoms with E-state index in [4.69, 9.17) is 51.1 Å². The van der Waals surface area contributed by atoms with Gasteiger partial charge in [-0.2, -0.15) is 0 Å². The topological polar surface area (TPSA) is 21.3 Å². The number of rotatable bonds is 6. The lowest BCUT2D eigenvalue weighted by Gasteiger charge is -2.11. The van der Waals surface area contributed by atoms with Crippen molar-refractivity contribution in [1.82, 2.24) is 0 Å². The van der Waals surface area contributed by atoms with Crippen molar-refractivity contribution in [3.8, 4) is 5.75 Å². The summed E-state index contributed by atoms with van der Waals surface area (Å²) in [6.45, 7) is 1.01. The van der Waals surface area contributed by atoms with Crippen LogP contribution in [0.1, 0.15) is 11.1 Å². The standard InChI is InChI=1S/C20H15Cl4NO/c21-15-3-1-2-14(8-15)12-26-20-7-4-13(9-19(20)24)11-25-16-5-6-17(22)18(23)10-16/h1-10,25H,11-12H2. The Morgan fingerprint density at radius 2 is 1.58 bits per heavy atom. The van der Waals surface area contributed by atoms with Crippen LogP contribution in [0.4, 0.5) is 5.69 Å². The number of halogens is 4. The average molecular weight is 427 g/mol. The van der Waals surface area contributed by atoms with Crippen LogP contribution in [0, 0.1) is 0 Å². The van der Waals surface area contributed by atoms with Crippen molar-refractivity contribution < 1.29 is 4.74 Å². The van der Waals surface area contributed by atoms with E-state index in [1.54, 1.807) is 12.1 Å². The predicted octanol–water partition coefficient (Wildman–Crippen LogP) is 7.49. The minimum Gasteiger partial charge on any atom is -0.487 e. The lowest BCUT2D eigenvalue weighted by atomic mass is 10.2. The highest BCUT2D eigenvalue weighted by atomic mass is 35.5. The maximum Gasteiger partial charge on any atom is 0.138 e. The van der Waals surface area contributed by atoms with E-state index in [9.17, 15) is 0 Å². The molecule has 6 heteroatoms. The van der Waals surface area contributed by atoms with E-state index in [1.807, 2.05) is 48.5 Å². The van der Waals surface area contributed by atoms with Crippen LogP contribution >= 0.6 is 46.4 Å². The van der Waals surface area contributed by atoms with Crippen LogP contribution in [0.25, 0.3) is 0 Å². The Hall–Kier alpha value is -1.58. The van der Waals surface area contributed by atoms with Crippen LogP contribution in [0.15, 0.2) is 60.7 Å². The van der Waals surface area contributed by atoms with E-state index in [-0.39, 0.29) is 0 Å². The summed E-state index contributed by atoms with van der Waals surface area (Å²) in [6, 6.07) is 18.6. The molecule has 0 aliphatic heterocycles. The molecule has 3 rings (SSSR count).